The number of hydrogen-bond donors (Lipinski definition) is 0. The molecule has 1 aliphatic rings. The second kappa shape index (κ2) is 4.06. The van der Waals surface area contributed by atoms with Crippen molar-refractivity contribution in [2.75, 3.05) is 11.4 Å². The molecular weight excluding hydrogens is 214 g/mol. The van der Waals surface area contributed by atoms with Gasteiger partial charge in [0, 0.05) is 13.0 Å². The fourth-order valence-electron chi connectivity index (χ4n) is 2.22. The van der Waals surface area contributed by atoms with Gasteiger partial charge in [0.1, 0.15) is 0 Å². The first-order valence-electron chi connectivity index (χ1n) is 5.47. The molecule has 0 aromatic heterocycles. The lowest BCUT2D eigenvalue weighted by atomic mass is 10.0. The molecule has 3 nitrogen and oxygen atoms in total. The van der Waals surface area contributed by atoms with E-state index >= 15 is 0 Å². The Morgan fingerprint density at radius 2 is 2.00 bits per heavy atom. The molecule has 0 aliphatic carbocycles. The number of nitrogens with zero attached hydrogens (tertiary/aromatic N) is 1. The molecule has 1 aromatic carbocycles. The summed E-state index contributed by atoms with van der Waals surface area (Å²) in [5.74, 6) is 1.59. The van der Waals surface area contributed by atoms with Crippen LogP contribution in [-0.2, 0) is 4.79 Å². The summed E-state index contributed by atoms with van der Waals surface area (Å²) >= 11 is 0. The van der Waals surface area contributed by atoms with Crippen LogP contribution in [0, 0.1) is 26.2 Å². The molecule has 0 radical (unpaired) electrons. The standard InChI is InChI=1S/C14H13NO2/c1-4-5-6-15-12-10(3)7-9(2)8-11(12)13(16)14(15)17/h1,7-8H,5-6H2,2-3H3. The van der Waals surface area contributed by atoms with Gasteiger partial charge in [0.05, 0.1) is 11.3 Å². The Morgan fingerprint density at radius 1 is 1.29 bits per heavy atom. The highest BCUT2D eigenvalue weighted by Gasteiger charge is 2.36. The molecule has 0 unspecified atom stereocenters. The van der Waals surface area contributed by atoms with Crippen molar-refractivity contribution >= 4 is 17.4 Å². The SMILES string of the molecule is C#CCCN1C(=O)C(=O)c2cc(C)cc(C)c21. The van der Waals surface area contributed by atoms with E-state index in [0.717, 1.165) is 16.8 Å². The van der Waals surface area contributed by atoms with Gasteiger partial charge in [-0.1, -0.05) is 6.07 Å². The molecule has 0 N–H and O–H groups in total. The summed E-state index contributed by atoms with van der Waals surface area (Å²) in [4.78, 5) is 25.2. The number of carbonyl (C=O) groups is 2. The fraction of sp³-hybridized carbons (Fsp3) is 0.286. The van der Waals surface area contributed by atoms with E-state index in [1.165, 1.54) is 4.90 Å². The van der Waals surface area contributed by atoms with Crippen LogP contribution in [0.1, 0.15) is 27.9 Å². The van der Waals surface area contributed by atoms with Crippen molar-refractivity contribution in [1.29, 1.82) is 0 Å². The van der Waals surface area contributed by atoms with E-state index in [1.54, 1.807) is 6.07 Å². The molecule has 0 bridgehead atoms. The van der Waals surface area contributed by atoms with E-state index in [0.29, 0.717) is 18.5 Å². The lowest BCUT2D eigenvalue weighted by Gasteiger charge is -2.17. The molecule has 1 aliphatic heterocycles. The van der Waals surface area contributed by atoms with Crippen molar-refractivity contribution in [2.24, 2.45) is 0 Å². The Balaban J connectivity index is 2.53. The third-order valence-electron chi connectivity index (χ3n) is 2.88. The normalized spacial score (nSPS) is 13.8. The topological polar surface area (TPSA) is 37.4 Å². The van der Waals surface area contributed by atoms with Gasteiger partial charge in [0.15, 0.2) is 0 Å². The Labute approximate surface area is 100 Å². The number of ketones is 1. The summed E-state index contributed by atoms with van der Waals surface area (Å²) in [6.45, 7) is 4.22. The highest BCUT2D eigenvalue weighted by Crippen LogP contribution is 2.33. The Hall–Kier alpha value is -2.08. The van der Waals surface area contributed by atoms with Crippen LogP contribution in [0.25, 0.3) is 0 Å². The van der Waals surface area contributed by atoms with Crippen molar-refractivity contribution < 1.29 is 9.59 Å². The van der Waals surface area contributed by atoms with Crippen LogP contribution in [0.4, 0.5) is 5.69 Å². The number of Topliss-reactive ketones (excluding diaryl/α,β-unsaturated/α-hetero) is 1. The minimum Gasteiger partial charge on any atom is -0.304 e. The third-order valence-corrected chi connectivity index (χ3v) is 2.88. The predicted octanol–water partition coefficient (Wildman–Crippen LogP) is 1.86. The lowest BCUT2D eigenvalue weighted by Crippen LogP contribution is -2.30. The summed E-state index contributed by atoms with van der Waals surface area (Å²) in [6.07, 6.45) is 5.65. The Kier molecular flexibility index (Phi) is 2.72. The van der Waals surface area contributed by atoms with Gasteiger partial charge >= 0.3 is 0 Å². The first kappa shape index (κ1) is 11.4. The zero-order chi connectivity index (χ0) is 12.6. The van der Waals surface area contributed by atoms with Gasteiger partial charge in [-0.3, -0.25) is 9.59 Å². The molecule has 3 heteroatoms. The van der Waals surface area contributed by atoms with Gasteiger partial charge in [-0.05, 0) is 31.0 Å². The quantitative estimate of drug-likeness (QED) is 0.571. The van der Waals surface area contributed by atoms with Crippen molar-refractivity contribution in [1.82, 2.24) is 0 Å². The first-order chi connectivity index (χ1) is 8.06. The maximum absolute atomic E-state index is 11.8. The van der Waals surface area contributed by atoms with Crippen LogP contribution in [0.5, 0.6) is 0 Å². The maximum Gasteiger partial charge on any atom is 0.299 e. The number of carbonyl (C=O) groups excluding carboxylic acids is 2. The predicted molar refractivity (Wildman–Crippen MR) is 66.0 cm³/mol. The Bertz CT molecular complexity index is 552. The highest BCUT2D eigenvalue weighted by atomic mass is 16.2. The number of rotatable bonds is 2. The summed E-state index contributed by atoms with van der Waals surface area (Å²) < 4.78 is 0. The average molecular weight is 227 g/mol. The number of benzene rings is 1. The van der Waals surface area contributed by atoms with Crippen LogP contribution in [0.15, 0.2) is 12.1 Å². The molecule has 1 aromatic rings. The smallest absolute Gasteiger partial charge is 0.299 e. The van der Waals surface area contributed by atoms with Gasteiger partial charge in [-0.15, -0.1) is 12.3 Å². The number of amides is 1. The van der Waals surface area contributed by atoms with Crippen LogP contribution in [0.2, 0.25) is 0 Å². The number of terminal acetylenes is 1. The van der Waals surface area contributed by atoms with Crippen molar-refractivity contribution in [2.45, 2.75) is 20.3 Å². The summed E-state index contributed by atoms with van der Waals surface area (Å²) in [5, 5.41) is 0. The van der Waals surface area contributed by atoms with E-state index in [-0.39, 0.29) is 0 Å². The third kappa shape index (κ3) is 1.72. The number of hydrogen-bond acceptors (Lipinski definition) is 2. The van der Waals surface area contributed by atoms with E-state index in [2.05, 4.69) is 5.92 Å². The van der Waals surface area contributed by atoms with E-state index in [4.69, 9.17) is 6.42 Å². The van der Waals surface area contributed by atoms with Crippen LogP contribution < -0.4 is 4.90 Å². The number of anilines is 1. The molecule has 86 valence electrons. The van der Waals surface area contributed by atoms with Gasteiger partial charge in [-0.25, -0.2) is 0 Å². The fourth-order valence-corrected chi connectivity index (χ4v) is 2.22. The maximum atomic E-state index is 11.8. The van der Waals surface area contributed by atoms with Crippen molar-refractivity contribution in [3.63, 3.8) is 0 Å². The number of fused-ring (bicyclic) bond motifs is 1. The molecule has 0 atom stereocenters. The molecule has 1 heterocycles. The van der Waals surface area contributed by atoms with Crippen LogP contribution in [0.3, 0.4) is 0 Å². The van der Waals surface area contributed by atoms with E-state index in [1.807, 2.05) is 19.9 Å². The summed E-state index contributed by atoms with van der Waals surface area (Å²) in [5.41, 5.74) is 3.16. The van der Waals surface area contributed by atoms with Crippen molar-refractivity contribution in [3.05, 3.63) is 28.8 Å². The molecule has 2 rings (SSSR count). The van der Waals surface area contributed by atoms with Crippen LogP contribution >= 0.6 is 0 Å². The monoisotopic (exact) mass is 227 g/mol. The molecule has 0 saturated heterocycles. The Morgan fingerprint density at radius 3 is 2.65 bits per heavy atom. The second-order valence-electron chi connectivity index (χ2n) is 4.22. The zero-order valence-corrected chi connectivity index (χ0v) is 9.91. The first-order valence-corrected chi connectivity index (χ1v) is 5.47. The van der Waals surface area contributed by atoms with Gasteiger partial charge in [0.25, 0.3) is 11.7 Å². The molecular formula is C14H13NO2. The average Bonchev–Trinajstić information content (AvgIpc) is 2.51. The second-order valence-corrected chi connectivity index (χ2v) is 4.22. The minimum absolute atomic E-state index is 0.401. The minimum atomic E-state index is -0.469. The highest BCUT2D eigenvalue weighted by molar-refractivity contribution is 6.52. The van der Waals surface area contributed by atoms with Crippen molar-refractivity contribution in [3.8, 4) is 12.3 Å². The molecule has 0 spiro atoms. The van der Waals surface area contributed by atoms with Gasteiger partial charge < -0.3 is 4.90 Å². The zero-order valence-electron chi connectivity index (χ0n) is 9.91. The van der Waals surface area contributed by atoms with E-state index in [9.17, 15) is 9.59 Å². The van der Waals surface area contributed by atoms with Gasteiger partial charge in [0.2, 0.25) is 0 Å². The molecule has 0 saturated carbocycles. The molecule has 17 heavy (non-hydrogen) atoms. The molecule has 1 amide bonds. The summed E-state index contributed by atoms with van der Waals surface area (Å²) in [6, 6.07) is 3.73. The van der Waals surface area contributed by atoms with Gasteiger partial charge in [-0.2, -0.15) is 0 Å². The van der Waals surface area contributed by atoms with E-state index < -0.39 is 11.7 Å². The van der Waals surface area contributed by atoms with Crippen LogP contribution in [-0.4, -0.2) is 18.2 Å². The molecule has 0 fully saturated rings. The lowest BCUT2D eigenvalue weighted by molar-refractivity contribution is -0.114. The summed E-state index contributed by atoms with van der Waals surface area (Å²) in [7, 11) is 0. The number of aryl methyl sites for hydroxylation is 2. The largest absolute Gasteiger partial charge is 0.304 e.